The van der Waals surface area contributed by atoms with Crippen LogP contribution in [0.3, 0.4) is 0 Å². The molecule has 158 valence electrons. The van der Waals surface area contributed by atoms with Crippen molar-refractivity contribution in [2.45, 2.75) is 6.92 Å². The molecule has 0 spiro atoms. The van der Waals surface area contributed by atoms with Crippen LogP contribution in [0, 0.1) is 0 Å². The van der Waals surface area contributed by atoms with E-state index in [1.165, 1.54) is 50.7 Å². The number of hydrogen-bond donors (Lipinski definition) is 1. The average Bonchev–Trinajstić information content (AvgIpc) is 2.76. The lowest BCUT2D eigenvalue weighted by molar-refractivity contribution is -0.119. The van der Waals surface area contributed by atoms with E-state index in [-0.39, 0.29) is 28.3 Å². The van der Waals surface area contributed by atoms with Gasteiger partial charge in [-0.3, -0.25) is 4.79 Å². The second kappa shape index (κ2) is 10.6. The molecule has 2 aromatic rings. The van der Waals surface area contributed by atoms with Crippen LogP contribution >= 0.6 is 0 Å². The molecule has 1 N–H and O–H groups in total. The van der Waals surface area contributed by atoms with Crippen LogP contribution in [0.2, 0.25) is 0 Å². The molecule has 0 aliphatic rings. The number of ether oxygens (including phenoxy) is 4. The molecule has 0 aliphatic heterocycles. The van der Waals surface area contributed by atoms with Gasteiger partial charge in [0.15, 0.2) is 6.61 Å². The smallest absolute Gasteiger partial charge is 0.344 e. The van der Waals surface area contributed by atoms with Crippen molar-refractivity contribution in [1.82, 2.24) is 4.98 Å². The van der Waals surface area contributed by atoms with E-state index < -0.39 is 30.4 Å². The predicted octanol–water partition coefficient (Wildman–Crippen LogP) is 1.85. The molecule has 2 rings (SSSR count). The molecular weight excluding hydrogens is 396 g/mol. The molecule has 0 aliphatic carbocycles. The van der Waals surface area contributed by atoms with Gasteiger partial charge in [-0.2, -0.15) is 0 Å². The van der Waals surface area contributed by atoms with Crippen LogP contribution < -0.4 is 10.1 Å². The van der Waals surface area contributed by atoms with Gasteiger partial charge in [0.1, 0.15) is 5.56 Å². The number of rotatable bonds is 8. The topological polar surface area (TPSA) is 130 Å². The third-order valence-electron chi connectivity index (χ3n) is 3.67. The Hall–Kier alpha value is -3.95. The lowest BCUT2D eigenvalue weighted by Gasteiger charge is -2.11. The van der Waals surface area contributed by atoms with Crippen molar-refractivity contribution < 1.29 is 38.1 Å². The Morgan fingerprint density at radius 3 is 2.17 bits per heavy atom. The lowest BCUT2D eigenvalue weighted by Crippen LogP contribution is -2.22. The highest BCUT2D eigenvalue weighted by Gasteiger charge is 2.18. The number of esters is 3. The first-order valence-electron chi connectivity index (χ1n) is 8.76. The zero-order valence-electron chi connectivity index (χ0n) is 16.6. The zero-order valence-corrected chi connectivity index (χ0v) is 16.6. The Morgan fingerprint density at radius 1 is 0.967 bits per heavy atom. The van der Waals surface area contributed by atoms with Crippen LogP contribution in [-0.4, -0.2) is 56.2 Å². The van der Waals surface area contributed by atoms with Crippen LogP contribution in [0.5, 0.6) is 5.88 Å². The van der Waals surface area contributed by atoms with Gasteiger partial charge in [-0.05, 0) is 37.3 Å². The Balaban J connectivity index is 2.10. The predicted molar refractivity (Wildman–Crippen MR) is 103 cm³/mol. The number of methoxy groups -OCH3 is 2. The Kier molecular flexibility index (Phi) is 7.86. The summed E-state index contributed by atoms with van der Waals surface area (Å²) in [5.41, 5.74) is 0.261. The minimum absolute atomic E-state index is 0.0319. The van der Waals surface area contributed by atoms with Crippen LogP contribution in [0.1, 0.15) is 38.0 Å². The molecular formula is C20H20N2O8. The first-order chi connectivity index (χ1) is 14.4. The Labute approximate surface area is 172 Å². The average molecular weight is 416 g/mol. The third-order valence-corrected chi connectivity index (χ3v) is 3.67. The summed E-state index contributed by atoms with van der Waals surface area (Å²) in [6, 6.07) is 6.89. The number of carbonyl (C=O) groups excluding carboxylic acids is 4. The van der Waals surface area contributed by atoms with E-state index in [1.54, 1.807) is 6.92 Å². The van der Waals surface area contributed by atoms with Gasteiger partial charge in [0.2, 0.25) is 5.88 Å². The maximum Gasteiger partial charge on any atom is 0.344 e. The molecule has 0 bridgehead atoms. The van der Waals surface area contributed by atoms with E-state index in [0.29, 0.717) is 6.61 Å². The van der Waals surface area contributed by atoms with Gasteiger partial charge in [0.05, 0.1) is 32.0 Å². The number of nitrogens with zero attached hydrogens (tertiary/aromatic N) is 1. The summed E-state index contributed by atoms with van der Waals surface area (Å²) in [4.78, 5) is 51.9. The van der Waals surface area contributed by atoms with E-state index in [1.807, 2.05) is 0 Å². The summed E-state index contributed by atoms with van der Waals surface area (Å²) in [6.07, 6.45) is 1.46. The van der Waals surface area contributed by atoms with Crippen LogP contribution in [-0.2, 0) is 19.0 Å². The second-order valence-corrected chi connectivity index (χ2v) is 5.70. The largest absolute Gasteiger partial charge is 0.477 e. The number of benzene rings is 1. The Bertz CT molecular complexity index is 923. The fourth-order valence-corrected chi connectivity index (χ4v) is 2.37. The summed E-state index contributed by atoms with van der Waals surface area (Å²) in [6.45, 7) is 1.43. The van der Waals surface area contributed by atoms with Gasteiger partial charge >= 0.3 is 17.9 Å². The highest BCUT2D eigenvalue weighted by molar-refractivity contribution is 6.00. The number of anilines is 1. The van der Waals surface area contributed by atoms with E-state index in [4.69, 9.17) is 9.47 Å². The molecule has 1 heterocycles. The number of aromatic nitrogens is 1. The molecule has 10 nitrogen and oxygen atoms in total. The van der Waals surface area contributed by atoms with Crippen molar-refractivity contribution in [3.8, 4) is 5.88 Å². The van der Waals surface area contributed by atoms with Gasteiger partial charge in [-0.15, -0.1) is 0 Å². The van der Waals surface area contributed by atoms with Crippen molar-refractivity contribution in [3.05, 3.63) is 53.2 Å². The maximum absolute atomic E-state index is 12.2. The number of hydrogen-bond acceptors (Lipinski definition) is 9. The minimum Gasteiger partial charge on any atom is -0.477 e. The van der Waals surface area contributed by atoms with Crippen molar-refractivity contribution in [1.29, 1.82) is 0 Å². The van der Waals surface area contributed by atoms with Gasteiger partial charge in [0, 0.05) is 11.9 Å². The van der Waals surface area contributed by atoms with Crippen molar-refractivity contribution in [3.63, 3.8) is 0 Å². The molecule has 0 fully saturated rings. The molecule has 0 atom stereocenters. The van der Waals surface area contributed by atoms with Crippen LogP contribution in [0.4, 0.5) is 5.69 Å². The van der Waals surface area contributed by atoms with Crippen molar-refractivity contribution in [2.75, 3.05) is 32.8 Å². The van der Waals surface area contributed by atoms with Crippen LogP contribution in [0.25, 0.3) is 0 Å². The fraction of sp³-hybridized carbons (Fsp3) is 0.250. The van der Waals surface area contributed by atoms with Gasteiger partial charge in [0.25, 0.3) is 5.91 Å². The van der Waals surface area contributed by atoms with E-state index in [0.717, 1.165) is 0 Å². The second-order valence-electron chi connectivity index (χ2n) is 5.70. The van der Waals surface area contributed by atoms with E-state index in [2.05, 4.69) is 19.8 Å². The van der Waals surface area contributed by atoms with E-state index in [9.17, 15) is 19.2 Å². The summed E-state index contributed by atoms with van der Waals surface area (Å²) in [7, 11) is 2.36. The molecule has 0 unspecified atom stereocenters. The molecule has 0 saturated heterocycles. The summed E-state index contributed by atoms with van der Waals surface area (Å²) < 4.78 is 19.5. The number of nitrogens with one attached hydrogen (secondary N) is 1. The van der Waals surface area contributed by atoms with Gasteiger partial charge < -0.3 is 24.3 Å². The summed E-state index contributed by atoms with van der Waals surface area (Å²) >= 11 is 0. The molecule has 0 saturated carbocycles. The normalized spacial score (nSPS) is 9.97. The first kappa shape index (κ1) is 22.3. The monoisotopic (exact) mass is 416 g/mol. The fourth-order valence-electron chi connectivity index (χ4n) is 2.37. The summed E-state index contributed by atoms with van der Waals surface area (Å²) in [5, 5.41) is 2.45. The molecule has 10 heteroatoms. The Morgan fingerprint density at radius 2 is 1.60 bits per heavy atom. The standard InChI is InChI=1S/C20H20N2O8/c1-4-29-17-15(6-5-7-21-17)20(26)30-11-16(23)22-14-9-12(18(24)27-2)8-13(10-14)19(25)28-3/h5-10H,4,11H2,1-3H3,(H,22,23). The maximum atomic E-state index is 12.2. The minimum atomic E-state index is -0.791. The quantitative estimate of drug-likeness (QED) is 0.506. The molecule has 1 amide bonds. The number of amides is 1. The molecule has 30 heavy (non-hydrogen) atoms. The van der Waals surface area contributed by atoms with Gasteiger partial charge in [-0.1, -0.05) is 0 Å². The van der Waals surface area contributed by atoms with E-state index >= 15 is 0 Å². The van der Waals surface area contributed by atoms with Crippen molar-refractivity contribution in [2.24, 2.45) is 0 Å². The molecule has 0 radical (unpaired) electrons. The first-order valence-corrected chi connectivity index (χ1v) is 8.76. The molecule has 1 aromatic carbocycles. The number of pyridine rings is 1. The van der Waals surface area contributed by atoms with Crippen LogP contribution in [0.15, 0.2) is 36.5 Å². The summed E-state index contributed by atoms with van der Waals surface area (Å²) in [5.74, 6) is -2.80. The highest BCUT2D eigenvalue weighted by Crippen LogP contribution is 2.18. The zero-order chi connectivity index (χ0) is 22.1. The SMILES string of the molecule is CCOc1ncccc1C(=O)OCC(=O)Nc1cc(C(=O)OC)cc(C(=O)OC)c1. The van der Waals surface area contributed by atoms with Crippen molar-refractivity contribution >= 4 is 29.5 Å². The lowest BCUT2D eigenvalue weighted by atomic mass is 10.1. The molecule has 1 aromatic heterocycles. The third kappa shape index (κ3) is 5.77. The highest BCUT2D eigenvalue weighted by atomic mass is 16.5. The number of carbonyl (C=O) groups is 4. The van der Waals surface area contributed by atoms with Gasteiger partial charge in [-0.25, -0.2) is 19.4 Å².